The van der Waals surface area contributed by atoms with Crippen LogP contribution in [-0.4, -0.2) is 24.0 Å². The molecular weight excluding hydrogens is 222 g/mol. The van der Waals surface area contributed by atoms with Gasteiger partial charge in [-0.2, -0.15) is 0 Å². The molecule has 1 fully saturated rings. The van der Waals surface area contributed by atoms with E-state index in [1.807, 2.05) is 0 Å². The predicted octanol–water partition coefficient (Wildman–Crippen LogP) is 2.52. The van der Waals surface area contributed by atoms with Gasteiger partial charge in [0.1, 0.15) is 0 Å². The fourth-order valence-electron chi connectivity index (χ4n) is 2.20. The molecule has 0 spiro atoms. The average molecular weight is 251 g/mol. The van der Waals surface area contributed by atoms with Crippen LogP contribution in [-0.2, 0) is 0 Å². The summed E-state index contributed by atoms with van der Waals surface area (Å²) >= 11 is 0. The Kier molecular flexibility index (Phi) is 4.36. The maximum atomic E-state index is 5.83. The Bertz CT molecular complexity index is 319. The van der Waals surface area contributed by atoms with Gasteiger partial charge in [0.15, 0.2) is 0 Å². The van der Waals surface area contributed by atoms with Gasteiger partial charge in [-0.25, -0.2) is 0 Å². The maximum absolute atomic E-state index is 5.83. The monoisotopic (exact) mass is 251 g/mol. The van der Waals surface area contributed by atoms with Crippen LogP contribution in [0.4, 0.5) is 0 Å². The van der Waals surface area contributed by atoms with E-state index in [0.29, 0.717) is 17.0 Å². The van der Waals surface area contributed by atoms with Crippen molar-refractivity contribution in [2.24, 2.45) is 23.0 Å². The fraction of sp³-hybridized carbons (Fsp3) is 0.733. The topological polar surface area (TPSA) is 41.3 Å². The second-order valence-corrected chi connectivity index (χ2v) is 6.86. The van der Waals surface area contributed by atoms with Crippen molar-refractivity contribution >= 4 is 0 Å². The van der Waals surface area contributed by atoms with E-state index in [0.717, 1.165) is 24.8 Å². The van der Waals surface area contributed by atoms with Gasteiger partial charge in [-0.1, -0.05) is 47.8 Å². The SMILES string of the molecule is C=C(N)[C@@H](NC(=C)N1CC(C(C)(C)C)C1)C(C)C. The van der Waals surface area contributed by atoms with Crippen molar-refractivity contribution in [3.63, 3.8) is 0 Å². The van der Waals surface area contributed by atoms with E-state index in [1.165, 1.54) is 0 Å². The molecule has 0 saturated carbocycles. The molecule has 3 N–H and O–H groups in total. The van der Waals surface area contributed by atoms with E-state index in [1.54, 1.807) is 0 Å². The van der Waals surface area contributed by atoms with Gasteiger partial charge < -0.3 is 16.0 Å². The zero-order valence-corrected chi connectivity index (χ0v) is 12.6. The first-order valence-corrected chi connectivity index (χ1v) is 6.77. The lowest BCUT2D eigenvalue weighted by molar-refractivity contribution is 0.0449. The molecule has 3 nitrogen and oxygen atoms in total. The van der Waals surface area contributed by atoms with Crippen molar-refractivity contribution in [1.29, 1.82) is 0 Å². The third-order valence-electron chi connectivity index (χ3n) is 3.88. The zero-order valence-electron chi connectivity index (χ0n) is 12.6. The number of likely N-dealkylation sites (tertiary alicyclic amines) is 1. The summed E-state index contributed by atoms with van der Waals surface area (Å²) in [6, 6.07) is 0.103. The molecule has 0 aromatic carbocycles. The van der Waals surface area contributed by atoms with Gasteiger partial charge in [0, 0.05) is 18.8 Å². The van der Waals surface area contributed by atoms with Gasteiger partial charge in [0.05, 0.1) is 11.9 Å². The second-order valence-electron chi connectivity index (χ2n) is 6.86. The van der Waals surface area contributed by atoms with E-state index in [4.69, 9.17) is 5.73 Å². The molecule has 1 saturated heterocycles. The standard InChI is InChI=1S/C15H29N3/c1-10(2)14(11(3)16)17-12(4)18-8-13(9-18)15(5,6)7/h10,13-14,17H,3-4,8-9,16H2,1-2,5-7H3/t14-/m0/s1. The predicted molar refractivity (Wildman–Crippen MR) is 78.7 cm³/mol. The Morgan fingerprint density at radius 2 is 1.78 bits per heavy atom. The lowest BCUT2D eigenvalue weighted by Crippen LogP contribution is -2.55. The number of rotatable bonds is 5. The maximum Gasteiger partial charge on any atom is 0.0944 e. The lowest BCUT2D eigenvalue weighted by atomic mass is 9.76. The van der Waals surface area contributed by atoms with Crippen LogP contribution in [0.15, 0.2) is 24.7 Å². The first-order chi connectivity index (χ1) is 8.12. The van der Waals surface area contributed by atoms with Crippen LogP contribution < -0.4 is 11.1 Å². The van der Waals surface area contributed by atoms with E-state index < -0.39 is 0 Å². The third kappa shape index (κ3) is 3.44. The smallest absolute Gasteiger partial charge is 0.0944 e. The normalized spacial score (nSPS) is 18.4. The fourth-order valence-corrected chi connectivity index (χ4v) is 2.20. The summed E-state index contributed by atoms with van der Waals surface area (Å²) in [4.78, 5) is 2.29. The molecular formula is C15H29N3. The van der Waals surface area contributed by atoms with Gasteiger partial charge in [0.25, 0.3) is 0 Å². The Morgan fingerprint density at radius 1 is 1.28 bits per heavy atom. The summed E-state index contributed by atoms with van der Waals surface area (Å²) in [5, 5.41) is 3.40. The first kappa shape index (κ1) is 14.9. The number of nitrogens with zero attached hydrogens (tertiary/aromatic N) is 1. The molecule has 1 heterocycles. The van der Waals surface area contributed by atoms with Gasteiger partial charge in [-0.15, -0.1) is 0 Å². The van der Waals surface area contributed by atoms with Crippen LogP contribution in [0.3, 0.4) is 0 Å². The molecule has 0 aromatic heterocycles. The van der Waals surface area contributed by atoms with E-state index in [2.05, 4.69) is 58.0 Å². The van der Waals surface area contributed by atoms with Crippen LogP contribution in [0.2, 0.25) is 0 Å². The Morgan fingerprint density at radius 3 is 2.11 bits per heavy atom. The van der Waals surface area contributed by atoms with Crippen LogP contribution in [0.25, 0.3) is 0 Å². The summed E-state index contributed by atoms with van der Waals surface area (Å²) in [5.41, 5.74) is 6.89. The average Bonchev–Trinajstić information content (AvgIpc) is 2.07. The Labute approximate surface area is 112 Å². The van der Waals surface area contributed by atoms with E-state index in [9.17, 15) is 0 Å². The van der Waals surface area contributed by atoms with Crippen molar-refractivity contribution in [1.82, 2.24) is 10.2 Å². The minimum Gasteiger partial charge on any atom is -0.401 e. The quantitative estimate of drug-likeness (QED) is 0.789. The summed E-state index contributed by atoms with van der Waals surface area (Å²) in [6.45, 7) is 21.3. The van der Waals surface area contributed by atoms with Crippen LogP contribution in [0.1, 0.15) is 34.6 Å². The minimum absolute atomic E-state index is 0.103. The van der Waals surface area contributed by atoms with Crippen molar-refractivity contribution in [2.75, 3.05) is 13.1 Å². The van der Waals surface area contributed by atoms with Gasteiger partial charge in [-0.3, -0.25) is 0 Å². The lowest BCUT2D eigenvalue weighted by Gasteiger charge is -2.49. The van der Waals surface area contributed by atoms with E-state index in [-0.39, 0.29) is 6.04 Å². The highest BCUT2D eigenvalue weighted by Crippen LogP contribution is 2.34. The molecule has 104 valence electrons. The molecule has 3 heteroatoms. The molecule has 1 rings (SSSR count). The molecule has 1 aliphatic rings. The molecule has 1 aliphatic heterocycles. The molecule has 18 heavy (non-hydrogen) atoms. The van der Waals surface area contributed by atoms with Crippen LogP contribution in [0.5, 0.6) is 0 Å². The molecule has 0 amide bonds. The summed E-state index contributed by atoms with van der Waals surface area (Å²) in [7, 11) is 0. The number of hydrogen-bond acceptors (Lipinski definition) is 3. The van der Waals surface area contributed by atoms with Crippen molar-refractivity contribution in [3.8, 4) is 0 Å². The third-order valence-corrected chi connectivity index (χ3v) is 3.88. The number of hydrogen-bond donors (Lipinski definition) is 2. The van der Waals surface area contributed by atoms with E-state index >= 15 is 0 Å². The van der Waals surface area contributed by atoms with Crippen molar-refractivity contribution < 1.29 is 0 Å². The second kappa shape index (κ2) is 5.25. The van der Waals surface area contributed by atoms with Gasteiger partial charge in [0.2, 0.25) is 0 Å². The van der Waals surface area contributed by atoms with Gasteiger partial charge in [-0.05, 0) is 17.3 Å². The molecule has 0 aromatic rings. The molecule has 0 unspecified atom stereocenters. The molecule has 0 aliphatic carbocycles. The zero-order chi connectivity index (χ0) is 14.1. The molecule has 0 radical (unpaired) electrons. The highest BCUT2D eigenvalue weighted by atomic mass is 15.3. The Hall–Kier alpha value is -1.12. The highest BCUT2D eigenvalue weighted by Gasteiger charge is 2.36. The van der Waals surface area contributed by atoms with Crippen LogP contribution >= 0.6 is 0 Å². The summed E-state index contributed by atoms with van der Waals surface area (Å²) in [6.07, 6.45) is 0. The number of nitrogens with one attached hydrogen (secondary N) is 1. The van der Waals surface area contributed by atoms with Crippen molar-refractivity contribution in [3.05, 3.63) is 24.7 Å². The summed E-state index contributed by atoms with van der Waals surface area (Å²) < 4.78 is 0. The highest BCUT2D eigenvalue weighted by molar-refractivity contribution is 5.09. The molecule has 1 atom stereocenters. The largest absolute Gasteiger partial charge is 0.401 e. The number of nitrogens with two attached hydrogens (primary N) is 1. The van der Waals surface area contributed by atoms with Crippen molar-refractivity contribution in [2.45, 2.75) is 40.7 Å². The van der Waals surface area contributed by atoms with Crippen LogP contribution in [0, 0.1) is 17.3 Å². The Balaban J connectivity index is 2.47. The van der Waals surface area contributed by atoms with Gasteiger partial charge >= 0.3 is 0 Å². The summed E-state index contributed by atoms with van der Waals surface area (Å²) in [5.74, 6) is 2.13. The molecule has 0 bridgehead atoms. The minimum atomic E-state index is 0.103. The first-order valence-electron chi connectivity index (χ1n) is 6.77.